The molecule has 0 aromatic rings. The second-order valence-corrected chi connectivity index (χ2v) is 3.95. The number of halogens is 3. The molecule has 0 aromatic carbocycles. The summed E-state index contributed by atoms with van der Waals surface area (Å²) in [6.07, 6.45) is -3.55. The standard InChI is InChI=1S/C10H19F3N2O/c11-10(12,13)3-1-4-14-5-2-9-8-15-6-7-16-9/h9,14-15H,1-8H2. The molecule has 1 aliphatic rings. The third-order valence-electron chi connectivity index (χ3n) is 2.46. The van der Waals surface area contributed by atoms with E-state index in [0.717, 1.165) is 26.1 Å². The van der Waals surface area contributed by atoms with Crippen LogP contribution >= 0.6 is 0 Å². The Labute approximate surface area is 93.7 Å². The van der Waals surface area contributed by atoms with E-state index >= 15 is 0 Å². The van der Waals surface area contributed by atoms with Crippen LogP contribution in [0, 0.1) is 0 Å². The zero-order valence-electron chi connectivity index (χ0n) is 9.28. The molecular weight excluding hydrogens is 221 g/mol. The quantitative estimate of drug-likeness (QED) is 0.686. The van der Waals surface area contributed by atoms with Gasteiger partial charge in [-0.1, -0.05) is 0 Å². The van der Waals surface area contributed by atoms with E-state index in [9.17, 15) is 13.2 Å². The van der Waals surface area contributed by atoms with Crippen LogP contribution < -0.4 is 10.6 Å². The van der Waals surface area contributed by atoms with E-state index in [1.54, 1.807) is 0 Å². The Bertz CT molecular complexity index is 181. The Morgan fingerprint density at radius 3 is 2.75 bits per heavy atom. The van der Waals surface area contributed by atoms with Crippen LogP contribution in [0.5, 0.6) is 0 Å². The van der Waals surface area contributed by atoms with Crippen LogP contribution in [0.2, 0.25) is 0 Å². The summed E-state index contributed by atoms with van der Waals surface area (Å²) in [5, 5.41) is 6.20. The van der Waals surface area contributed by atoms with Crippen LogP contribution in [0.4, 0.5) is 13.2 Å². The van der Waals surface area contributed by atoms with Crippen molar-refractivity contribution in [3.8, 4) is 0 Å². The Morgan fingerprint density at radius 1 is 1.31 bits per heavy atom. The largest absolute Gasteiger partial charge is 0.389 e. The molecule has 1 rings (SSSR count). The zero-order chi connectivity index (χ0) is 11.9. The molecule has 1 fully saturated rings. The summed E-state index contributed by atoms with van der Waals surface area (Å²) >= 11 is 0. The molecule has 1 heterocycles. The van der Waals surface area contributed by atoms with Crippen LogP contribution in [0.15, 0.2) is 0 Å². The van der Waals surface area contributed by atoms with Gasteiger partial charge in [-0.05, 0) is 25.9 Å². The highest BCUT2D eigenvalue weighted by atomic mass is 19.4. The summed E-state index contributed by atoms with van der Waals surface area (Å²) in [5.74, 6) is 0. The van der Waals surface area contributed by atoms with Crippen molar-refractivity contribution < 1.29 is 17.9 Å². The molecule has 0 bridgehead atoms. The first-order valence-corrected chi connectivity index (χ1v) is 5.68. The molecule has 1 atom stereocenters. The number of alkyl halides is 3. The maximum absolute atomic E-state index is 11.8. The minimum Gasteiger partial charge on any atom is -0.376 e. The number of rotatable bonds is 6. The third kappa shape index (κ3) is 7.03. The van der Waals surface area contributed by atoms with E-state index in [2.05, 4.69) is 10.6 Å². The van der Waals surface area contributed by atoms with E-state index in [0.29, 0.717) is 13.1 Å². The highest BCUT2D eigenvalue weighted by molar-refractivity contribution is 4.68. The summed E-state index contributed by atoms with van der Waals surface area (Å²) < 4.78 is 40.9. The molecular formula is C10H19F3N2O. The van der Waals surface area contributed by atoms with Gasteiger partial charge in [-0.3, -0.25) is 0 Å². The van der Waals surface area contributed by atoms with Crippen molar-refractivity contribution in [3.05, 3.63) is 0 Å². The van der Waals surface area contributed by atoms with Crippen LogP contribution in [-0.4, -0.2) is 45.1 Å². The number of ether oxygens (including phenoxy) is 1. The Hall–Kier alpha value is -0.330. The lowest BCUT2D eigenvalue weighted by atomic mass is 10.2. The summed E-state index contributed by atoms with van der Waals surface area (Å²) in [7, 11) is 0. The minimum absolute atomic E-state index is 0.146. The van der Waals surface area contributed by atoms with Crippen LogP contribution in [-0.2, 0) is 4.74 Å². The van der Waals surface area contributed by atoms with Gasteiger partial charge in [0, 0.05) is 19.5 Å². The first-order chi connectivity index (χ1) is 7.58. The number of nitrogens with one attached hydrogen (secondary N) is 2. The van der Waals surface area contributed by atoms with Crippen molar-refractivity contribution in [1.82, 2.24) is 10.6 Å². The van der Waals surface area contributed by atoms with Gasteiger partial charge in [-0.2, -0.15) is 13.2 Å². The van der Waals surface area contributed by atoms with E-state index in [1.807, 2.05) is 0 Å². The van der Waals surface area contributed by atoms with Gasteiger partial charge in [0.1, 0.15) is 0 Å². The molecule has 1 aliphatic heterocycles. The molecule has 1 saturated heterocycles. The number of hydrogen-bond donors (Lipinski definition) is 2. The summed E-state index contributed by atoms with van der Waals surface area (Å²) in [4.78, 5) is 0. The smallest absolute Gasteiger partial charge is 0.376 e. The first-order valence-electron chi connectivity index (χ1n) is 5.68. The van der Waals surface area contributed by atoms with Crippen LogP contribution in [0.1, 0.15) is 19.3 Å². The van der Waals surface area contributed by atoms with Gasteiger partial charge < -0.3 is 15.4 Å². The molecule has 0 aliphatic carbocycles. The molecule has 0 amide bonds. The highest BCUT2D eigenvalue weighted by Gasteiger charge is 2.25. The van der Waals surface area contributed by atoms with Crippen LogP contribution in [0.3, 0.4) is 0 Å². The van der Waals surface area contributed by atoms with Crippen LogP contribution in [0.25, 0.3) is 0 Å². The van der Waals surface area contributed by atoms with E-state index in [-0.39, 0.29) is 12.5 Å². The lowest BCUT2D eigenvalue weighted by Crippen LogP contribution is -2.40. The van der Waals surface area contributed by atoms with Crippen molar-refractivity contribution in [2.45, 2.75) is 31.5 Å². The van der Waals surface area contributed by atoms with Gasteiger partial charge in [0.25, 0.3) is 0 Å². The number of morpholine rings is 1. The minimum atomic E-state index is -4.03. The molecule has 0 radical (unpaired) electrons. The average Bonchev–Trinajstić information content (AvgIpc) is 2.23. The Morgan fingerprint density at radius 2 is 2.12 bits per heavy atom. The predicted molar refractivity (Wildman–Crippen MR) is 55.4 cm³/mol. The molecule has 16 heavy (non-hydrogen) atoms. The van der Waals surface area contributed by atoms with Crippen molar-refractivity contribution in [3.63, 3.8) is 0 Å². The van der Waals surface area contributed by atoms with E-state index in [1.165, 1.54) is 0 Å². The SMILES string of the molecule is FC(F)(F)CCCNCCC1CNCCO1. The lowest BCUT2D eigenvalue weighted by molar-refractivity contribution is -0.135. The fourth-order valence-corrected chi connectivity index (χ4v) is 1.61. The fraction of sp³-hybridized carbons (Fsp3) is 1.00. The van der Waals surface area contributed by atoms with E-state index in [4.69, 9.17) is 4.74 Å². The maximum atomic E-state index is 11.8. The average molecular weight is 240 g/mol. The van der Waals surface area contributed by atoms with Crippen molar-refractivity contribution in [1.29, 1.82) is 0 Å². The van der Waals surface area contributed by atoms with Gasteiger partial charge in [0.05, 0.1) is 12.7 Å². The van der Waals surface area contributed by atoms with Crippen molar-refractivity contribution >= 4 is 0 Å². The zero-order valence-corrected chi connectivity index (χ0v) is 9.28. The topological polar surface area (TPSA) is 33.3 Å². The van der Waals surface area contributed by atoms with Gasteiger partial charge in [-0.25, -0.2) is 0 Å². The van der Waals surface area contributed by atoms with Gasteiger partial charge in [-0.15, -0.1) is 0 Å². The molecule has 1 unspecified atom stereocenters. The van der Waals surface area contributed by atoms with Crippen molar-refractivity contribution in [2.75, 3.05) is 32.8 Å². The molecule has 6 heteroatoms. The van der Waals surface area contributed by atoms with E-state index < -0.39 is 12.6 Å². The normalized spacial score (nSPS) is 22.3. The second-order valence-electron chi connectivity index (χ2n) is 3.95. The summed E-state index contributed by atoms with van der Waals surface area (Å²) in [6, 6.07) is 0. The molecule has 0 spiro atoms. The number of hydrogen-bond acceptors (Lipinski definition) is 3. The van der Waals surface area contributed by atoms with Gasteiger partial charge in [0.15, 0.2) is 0 Å². The second kappa shape index (κ2) is 7.09. The summed E-state index contributed by atoms with van der Waals surface area (Å²) in [6.45, 7) is 3.57. The molecule has 0 aromatic heterocycles. The van der Waals surface area contributed by atoms with Gasteiger partial charge >= 0.3 is 6.18 Å². The predicted octanol–water partition coefficient (Wildman–Crippen LogP) is 1.30. The first kappa shape index (κ1) is 13.7. The fourth-order valence-electron chi connectivity index (χ4n) is 1.61. The highest BCUT2D eigenvalue weighted by Crippen LogP contribution is 2.20. The Kier molecular flexibility index (Phi) is 6.08. The molecule has 96 valence electrons. The molecule has 0 saturated carbocycles. The van der Waals surface area contributed by atoms with Crippen molar-refractivity contribution in [2.24, 2.45) is 0 Å². The lowest BCUT2D eigenvalue weighted by Gasteiger charge is -2.23. The van der Waals surface area contributed by atoms with Gasteiger partial charge in [0.2, 0.25) is 0 Å². The third-order valence-corrected chi connectivity index (χ3v) is 2.46. The monoisotopic (exact) mass is 240 g/mol. The molecule has 3 nitrogen and oxygen atoms in total. The summed E-state index contributed by atoms with van der Waals surface area (Å²) in [5.41, 5.74) is 0. The maximum Gasteiger partial charge on any atom is 0.389 e. The Balaban J connectivity index is 1.87. The molecule has 2 N–H and O–H groups in total.